The lowest BCUT2D eigenvalue weighted by Crippen LogP contribution is -2.14. The second-order valence-corrected chi connectivity index (χ2v) is 5.75. The van der Waals surface area contributed by atoms with Crippen molar-refractivity contribution in [3.63, 3.8) is 0 Å². The molecule has 3 saturated carbocycles. The van der Waals surface area contributed by atoms with Crippen LogP contribution in [0.5, 0.6) is 0 Å². The van der Waals surface area contributed by atoms with E-state index in [0.717, 1.165) is 23.7 Å². The maximum absolute atomic E-state index is 10.7. The summed E-state index contributed by atoms with van der Waals surface area (Å²) in [5.74, 6) is 3.19. The molecular formula is C13H15N3O2. The van der Waals surface area contributed by atoms with Gasteiger partial charge < -0.3 is 10.4 Å². The highest BCUT2D eigenvalue weighted by Gasteiger charge is 2.65. The molecule has 4 unspecified atom stereocenters. The number of aromatic carboxylic acids is 1. The Labute approximate surface area is 105 Å². The number of fused-ring (bicyclic) bond motifs is 5. The lowest BCUT2D eigenvalue weighted by atomic mass is 10.0. The zero-order valence-corrected chi connectivity index (χ0v) is 9.91. The summed E-state index contributed by atoms with van der Waals surface area (Å²) in [5, 5.41) is 12.2. The Morgan fingerprint density at radius 2 is 1.94 bits per heavy atom. The van der Waals surface area contributed by atoms with Crippen molar-refractivity contribution in [2.75, 3.05) is 5.32 Å². The fraction of sp³-hybridized carbons (Fsp3) is 0.615. The molecule has 0 saturated heterocycles. The van der Waals surface area contributed by atoms with Gasteiger partial charge in [0.05, 0.1) is 12.4 Å². The Kier molecular flexibility index (Phi) is 1.96. The molecule has 3 fully saturated rings. The molecule has 0 aromatic carbocycles. The molecule has 4 atom stereocenters. The van der Waals surface area contributed by atoms with Crippen LogP contribution in [-0.2, 0) is 0 Å². The van der Waals surface area contributed by atoms with Crippen LogP contribution in [0.15, 0.2) is 12.4 Å². The molecule has 1 aromatic rings. The van der Waals surface area contributed by atoms with Gasteiger partial charge in [-0.15, -0.1) is 0 Å². The first-order valence-electron chi connectivity index (χ1n) is 6.56. The number of carboxylic acid groups (broad SMARTS) is 1. The van der Waals surface area contributed by atoms with Crippen LogP contribution >= 0.6 is 0 Å². The molecule has 0 amide bonds. The molecular weight excluding hydrogens is 230 g/mol. The fourth-order valence-electron chi connectivity index (χ4n) is 4.20. The summed E-state index contributed by atoms with van der Waals surface area (Å²) in [6.07, 6.45) is 7.06. The number of nitrogens with zero attached hydrogens (tertiary/aromatic N) is 2. The maximum atomic E-state index is 10.7. The monoisotopic (exact) mass is 245 g/mol. The van der Waals surface area contributed by atoms with Crippen molar-refractivity contribution >= 4 is 11.8 Å². The number of carbonyl (C=O) groups is 1. The highest BCUT2D eigenvalue weighted by Crippen LogP contribution is 2.66. The summed E-state index contributed by atoms with van der Waals surface area (Å²) in [6.45, 7) is 0. The van der Waals surface area contributed by atoms with E-state index in [1.807, 2.05) is 0 Å². The van der Waals surface area contributed by atoms with Crippen molar-refractivity contribution in [2.24, 2.45) is 23.7 Å². The predicted octanol–water partition coefficient (Wildman–Crippen LogP) is 1.63. The molecule has 3 aliphatic rings. The van der Waals surface area contributed by atoms with Crippen LogP contribution in [0.4, 0.5) is 5.82 Å². The van der Waals surface area contributed by atoms with Gasteiger partial charge in [0.2, 0.25) is 0 Å². The van der Waals surface area contributed by atoms with Gasteiger partial charge in [-0.25, -0.2) is 14.8 Å². The first-order valence-corrected chi connectivity index (χ1v) is 6.56. The summed E-state index contributed by atoms with van der Waals surface area (Å²) >= 11 is 0. The number of nitrogens with one attached hydrogen (secondary N) is 1. The van der Waals surface area contributed by atoms with Gasteiger partial charge in [0, 0.05) is 6.04 Å². The zero-order valence-electron chi connectivity index (χ0n) is 9.91. The van der Waals surface area contributed by atoms with Gasteiger partial charge in [-0.3, -0.25) is 0 Å². The molecule has 18 heavy (non-hydrogen) atoms. The van der Waals surface area contributed by atoms with Crippen LogP contribution in [-0.4, -0.2) is 27.1 Å². The molecule has 0 radical (unpaired) electrons. The van der Waals surface area contributed by atoms with Gasteiger partial charge in [0.1, 0.15) is 5.82 Å². The third kappa shape index (κ3) is 1.36. The molecule has 1 aromatic heterocycles. The SMILES string of the molecule is O=C(O)c1cnc(NC2C3C4CCC(C4)C23)cn1. The van der Waals surface area contributed by atoms with E-state index in [1.54, 1.807) is 0 Å². The molecule has 1 heterocycles. The van der Waals surface area contributed by atoms with Gasteiger partial charge in [-0.05, 0) is 42.9 Å². The van der Waals surface area contributed by atoms with Gasteiger partial charge >= 0.3 is 5.97 Å². The zero-order chi connectivity index (χ0) is 12.3. The number of rotatable bonds is 3. The quantitative estimate of drug-likeness (QED) is 0.846. The highest BCUT2D eigenvalue weighted by atomic mass is 16.4. The fourth-order valence-corrected chi connectivity index (χ4v) is 4.20. The number of carboxylic acids is 1. The minimum absolute atomic E-state index is 0.00314. The van der Waals surface area contributed by atoms with Crippen LogP contribution in [0.3, 0.4) is 0 Å². The smallest absolute Gasteiger partial charge is 0.356 e. The van der Waals surface area contributed by atoms with E-state index in [9.17, 15) is 4.79 Å². The van der Waals surface area contributed by atoms with Gasteiger partial charge in [0.15, 0.2) is 5.69 Å². The average Bonchev–Trinajstić information content (AvgIpc) is 2.78. The lowest BCUT2D eigenvalue weighted by Gasteiger charge is -2.10. The van der Waals surface area contributed by atoms with E-state index in [1.165, 1.54) is 31.7 Å². The number of hydrogen-bond donors (Lipinski definition) is 2. The van der Waals surface area contributed by atoms with Crippen molar-refractivity contribution in [2.45, 2.75) is 25.3 Å². The van der Waals surface area contributed by atoms with E-state index in [4.69, 9.17) is 5.11 Å². The van der Waals surface area contributed by atoms with Crippen LogP contribution in [0.2, 0.25) is 0 Å². The topological polar surface area (TPSA) is 75.1 Å². The van der Waals surface area contributed by atoms with Crippen LogP contribution in [0, 0.1) is 23.7 Å². The Hall–Kier alpha value is -1.65. The standard InChI is InChI=1S/C13H15N3O2/c17-13(18)8-4-15-9(5-14-8)16-12-10-6-1-2-7(3-6)11(10)12/h4-7,10-12H,1-3H2,(H,15,16)(H,17,18). The van der Waals surface area contributed by atoms with Gasteiger partial charge in [-0.2, -0.15) is 0 Å². The van der Waals surface area contributed by atoms with Crippen LogP contribution in [0.25, 0.3) is 0 Å². The van der Waals surface area contributed by atoms with Crippen molar-refractivity contribution in [1.29, 1.82) is 0 Å². The average molecular weight is 245 g/mol. The molecule has 2 bridgehead atoms. The summed E-state index contributed by atoms with van der Waals surface area (Å²) in [5.41, 5.74) is -0.00314. The largest absolute Gasteiger partial charge is 0.476 e. The molecule has 94 valence electrons. The number of aromatic nitrogens is 2. The molecule has 5 nitrogen and oxygen atoms in total. The normalized spacial score (nSPS) is 39.4. The number of anilines is 1. The third-order valence-corrected chi connectivity index (χ3v) is 4.92. The van der Waals surface area contributed by atoms with E-state index >= 15 is 0 Å². The van der Waals surface area contributed by atoms with E-state index in [-0.39, 0.29) is 5.69 Å². The summed E-state index contributed by atoms with van der Waals surface area (Å²) in [7, 11) is 0. The molecule has 2 N–H and O–H groups in total. The van der Waals surface area contributed by atoms with Crippen molar-refractivity contribution < 1.29 is 9.90 Å². The van der Waals surface area contributed by atoms with Crippen molar-refractivity contribution in [3.8, 4) is 0 Å². The molecule has 0 spiro atoms. The minimum atomic E-state index is -1.03. The van der Waals surface area contributed by atoms with E-state index in [2.05, 4.69) is 15.3 Å². The molecule has 5 heteroatoms. The van der Waals surface area contributed by atoms with Crippen LogP contribution < -0.4 is 5.32 Å². The van der Waals surface area contributed by atoms with Gasteiger partial charge in [-0.1, -0.05) is 0 Å². The first kappa shape index (κ1) is 10.3. The second-order valence-electron chi connectivity index (χ2n) is 5.75. The molecule has 4 rings (SSSR count). The lowest BCUT2D eigenvalue weighted by molar-refractivity contribution is 0.0690. The predicted molar refractivity (Wildman–Crippen MR) is 64.2 cm³/mol. The minimum Gasteiger partial charge on any atom is -0.476 e. The molecule has 3 aliphatic carbocycles. The Morgan fingerprint density at radius 3 is 2.50 bits per heavy atom. The number of hydrogen-bond acceptors (Lipinski definition) is 4. The van der Waals surface area contributed by atoms with Crippen LogP contribution in [0.1, 0.15) is 29.8 Å². The molecule has 0 aliphatic heterocycles. The van der Waals surface area contributed by atoms with E-state index < -0.39 is 5.97 Å². The summed E-state index contributed by atoms with van der Waals surface area (Å²) in [4.78, 5) is 18.7. The van der Waals surface area contributed by atoms with Crippen molar-refractivity contribution in [3.05, 3.63) is 18.1 Å². The Bertz CT molecular complexity index is 485. The Morgan fingerprint density at radius 1 is 1.22 bits per heavy atom. The van der Waals surface area contributed by atoms with E-state index in [0.29, 0.717) is 11.9 Å². The Balaban J connectivity index is 1.46. The summed E-state index contributed by atoms with van der Waals surface area (Å²) < 4.78 is 0. The second kappa shape index (κ2) is 3.43. The van der Waals surface area contributed by atoms with Gasteiger partial charge in [0.25, 0.3) is 0 Å². The van der Waals surface area contributed by atoms with Crippen molar-refractivity contribution in [1.82, 2.24) is 9.97 Å². The third-order valence-electron chi connectivity index (χ3n) is 4.92. The highest BCUT2D eigenvalue weighted by molar-refractivity contribution is 5.84. The first-order chi connectivity index (χ1) is 8.74. The maximum Gasteiger partial charge on any atom is 0.356 e. The summed E-state index contributed by atoms with van der Waals surface area (Å²) in [6, 6.07) is 0.557.